The summed E-state index contributed by atoms with van der Waals surface area (Å²) in [5.74, 6) is 1.20. The Hall–Kier alpha value is -3.75. The van der Waals surface area contributed by atoms with E-state index >= 15 is 0 Å². The zero-order valence-corrected chi connectivity index (χ0v) is 19.0. The van der Waals surface area contributed by atoms with E-state index in [-0.39, 0.29) is 17.9 Å². The molecule has 3 heterocycles. The number of nitrogens with zero attached hydrogens (tertiary/aromatic N) is 5. The molecule has 0 spiro atoms. The van der Waals surface area contributed by atoms with Crippen LogP contribution in [0.5, 0.6) is 6.01 Å². The van der Waals surface area contributed by atoms with Gasteiger partial charge in [-0.25, -0.2) is 13.9 Å². The van der Waals surface area contributed by atoms with Crippen LogP contribution in [0.25, 0.3) is 16.9 Å². The lowest BCUT2D eigenvalue weighted by Crippen LogP contribution is -2.10. The number of nitrogen functional groups attached to an aromatic ring is 1. The fourth-order valence-corrected chi connectivity index (χ4v) is 3.55. The number of rotatable bonds is 9. The van der Waals surface area contributed by atoms with Crippen molar-refractivity contribution < 1.29 is 9.13 Å². The van der Waals surface area contributed by atoms with Gasteiger partial charge in [0.25, 0.3) is 0 Å². The second kappa shape index (κ2) is 9.81. The van der Waals surface area contributed by atoms with Crippen LogP contribution in [0.4, 0.5) is 16.0 Å². The van der Waals surface area contributed by atoms with Crippen molar-refractivity contribution in [1.82, 2.24) is 24.6 Å². The standard InChI is InChI=1S/C24H28FN7O/c1-15(2)6-4-13-33-24-29-19(21-22(26)31-32-12-5-11-27-23(21)32)14-20(30-24)28-16(3)17-7-9-18(25)10-8-17/h5,7-12,14-16H,4,6,13H2,1-3H3,(H2,26,31)(H,28,29,30)/t16-/m0/s1. The highest BCUT2D eigenvalue weighted by Gasteiger charge is 2.18. The normalized spacial score (nSPS) is 12.3. The van der Waals surface area contributed by atoms with Gasteiger partial charge in [-0.3, -0.25) is 0 Å². The van der Waals surface area contributed by atoms with E-state index < -0.39 is 0 Å². The van der Waals surface area contributed by atoms with Gasteiger partial charge in [-0.1, -0.05) is 26.0 Å². The van der Waals surface area contributed by atoms with Crippen molar-refractivity contribution in [1.29, 1.82) is 0 Å². The van der Waals surface area contributed by atoms with Crippen LogP contribution in [0.3, 0.4) is 0 Å². The van der Waals surface area contributed by atoms with Gasteiger partial charge in [0.05, 0.1) is 17.9 Å². The second-order valence-corrected chi connectivity index (χ2v) is 8.37. The largest absolute Gasteiger partial charge is 0.463 e. The highest BCUT2D eigenvalue weighted by molar-refractivity contribution is 5.85. The molecular formula is C24H28FN7O. The van der Waals surface area contributed by atoms with Crippen molar-refractivity contribution >= 4 is 17.3 Å². The Morgan fingerprint density at radius 3 is 2.70 bits per heavy atom. The van der Waals surface area contributed by atoms with Crippen LogP contribution in [-0.2, 0) is 0 Å². The molecule has 0 radical (unpaired) electrons. The molecule has 0 amide bonds. The third-order valence-corrected chi connectivity index (χ3v) is 5.28. The van der Waals surface area contributed by atoms with Gasteiger partial charge in [0.2, 0.25) is 0 Å². The fourth-order valence-electron chi connectivity index (χ4n) is 3.55. The zero-order valence-electron chi connectivity index (χ0n) is 19.0. The third-order valence-electron chi connectivity index (χ3n) is 5.28. The number of nitrogens with one attached hydrogen (secondary N) is 1. The zero-order chi connectivity index (χ0) is 23.4. The van der Waals surface area contributed by atoms with Crippen LogP contribution in [0.15, 0.2) is 48.8 Å². The number of fused-ring (bicyclic) bond motifs is 1. The predicted octanol–water partition coefficient (Wildman–Crippen LogP) is 4.90. The number of nitrogens with two attached hydrogens (primary N) is 1. The number of hydrogen-bond donors (Lipinski definition) is 2. The number of benzene rings is 1. The van der Waals surface area contributed by atoms with Crippen LogP contribution < -0.4 is 15.8 Å². The molecule has 0 unspecified atom stereocenters. The van der Waals surface area contributed by atoms with E-state index in [0.717, 1.165) is 18.4 Å². The van der Waals surface area contributed by atoms with E-state index in [4.69, 9.17) is 10.5 Å². The molecule has 0 aliphatic heterocycles. The summed E-state index contributed by atoms with van der Waals surface area (Å²) < 4.78 is 20.8. The summed E-state index contributed by atoms with van der Waals surface area (Å²) in [7, 11) is 0. The van der Waals surface area contributed by atoms with Crippen LogP contribution in [0, 0.1) is 11.7 Å². The van der Waals surface area contributed by atoms with Gasteiger partial charge < -0.3 is 15.8 Å². The molecule has 0 saturated heterocycles. The monoisotopic (exact) mass is 449 g/mol. The summed E-state index contributed by atoms with van der Waals surface area (Å²) in [5.41, 5.74) is 8.91. The van der Waals surface area contributed by atoms with Crippen LogP contribution in [0.2, 0.25) is 0 Å². The van der Waals surface area contributed by atoms with Gasteiger partial charge in [0.15, 0.2) is 11.5 Å². The van der Waals surface area contributed by atoms with E-state index in [2.05, 4.69) is 39.2 Å². The molecule has 4 rings (SSSR count). The van der Waals surface area contributed by atoms with E-state index in [1.54, 1.807) is 41.2 Å². The topological polar surface area (TPSA) is 103 Å². The number of hydrogen-bond acceptors (Lipinski definition) is 7. The first-order valence-electron chi connectivity index (χ1n) is 11.0. The van der Waals surface area contributed by atoms with Gasteiger partial charge in [-0.2, -0.15) is 9.97 Å². The molecule has 4 aromatic rings. The first-order valence-corrected chi connectivity index (χ1v) is 11.0. The molecular weight excluding hydrogens is 421 g/mol. The van der Waals surface area contributed by atoms with Gasteiger partial charge in [0, 0.05) is 24.5 Å². The Bertz CT molecular complexity index is 1220. The summed E-state index contributed by atoms with van der Waals surface area (Å²) in [5, 5.41) is 7.69. The Balaban J connectivity index is 1.67. The summed E-state index contributed by atoms with van der Waals surface area (Å²) in [6.07, 6.45) is 5.42. The average molecular weight is 450 g/mol. The molecule has 33 heavy (non-hydrogen) atoms. The van der Waals surface area contributed by atoms with Crippen molar-refractivity contribution in [2.24, 2.45) is 5.92 Å². The smallest absolute Gasteiger partial charge is 0.318 e. The molecule has 0 bridgehead atoms. The average Bonchev–Trinajstić information content (AvgIpc) is 3.12. The van der Waals surface area contributed by atoms with Crippen LogP contribution in [-0.4, -0.2) is 31.2 Å². The van der Waals surface area contributed by atoms with Crippen LogP contribution in [0.1, 0.15) is 45.2 Å². The van der Waals surface area contributed by atoms with Gasteiger partial charge >= 0.3 is 6.01 Å². The Morgan fingerprint density at radius 2 is 1.94 bits per heavy atom. The third kappa shape index (κ3) is 5.36. The first kappa shape index (κ1) is 22.4. The van der Waals surface area contributed by atoms with Crippen LogP contribution >= 0.6 is 0 Å². The lowest BCUT2D eigenvalue weighted by Gasteiger charge is -2.16. The van der Waals surface area contributed by atoms with Gasteiger partial charge in [0.1, 0.15) is 11.6 Å². The van der Waals surface area contributed by atoms with Crippen molar-refractivity contribution in [3.8, 4) is 17.3 Å². The maximum atomic E-state index is 13.3. The SMILES string of the molecule is CC(C)CCCOc1nc(N[C@@H](C)c2ccc(F)cc2)cc(-c2c(N)nn3cccnc23)n1. The van der Waals surface area contributed by atoms with E-state index in [9.17, 15) is 4.39 Å². The molecule has 1 aromatic carbocycles. The maximum Gasteiger partial charge on any atom is 0.318 e. The molecule has 8 nitrogen and oxygen atoms in total. The Labute approximate surface area is 192 Å². The van der Waals surface area contributed by atoms with Crippen molar-refractivity contribution in [2.45, 2.75) is 39.7 Å². The van der Waals surface area contributed by atoms with E-state index in [1.165, 1.54) is 12.1 Å². The molecule has 1 atom stereocenters. The highest BCUT2D eigenvalue weighted by atomic mass is 19.1. The second-order valence-electron chi connectivity index (χ2n) is 8.37. The molecule has 3 aromatic heterocycles. The van der Waals surface area contributed by atoms with Crippen molar-refractivity contribution in [3.63, 3.8) is 0 Å². The number of ether oxygens (including phenoxy) is 1. The summed E-state index contributed by atoms with van der Waals surface area (Å²) in [6, 6.07) is 10.1. The molecule has 0 aliphatic rings. The number of anilines is 2. The maximum absolute atomic E-state index is 13.3. The summed E-state index contributed by atoms with van der Waals surface area (Å²) in [6.45, 7) is 6.84. The molecule has 0 aliphatic carbocycles. The van der Waals surface area contributed by atoms with E-state index in [1.807, 2.05) is 6.92 Å². The quantitative estimate of drug-likeness (QED) is 0.350. The molecule has 0 saturated carbocycles. The molecule has 0 fully saturated rings. The summed E-state index contributed by atoms with van der Waals surface area (Å²) in [4.78, 5) is 13.6. The summed E-state index contributed by atoms with van der Waals surface area (Å²) >= 11 is 0. The highest BCUT2D eigenvalue weighted by Crippen LogP contribution is 2.31. The predicted molar refractivity (Wildman–Crippen MR) is 126 cm³/mol. The Morgan fingerprint density at radius 1 is 1.15 bits per heavy atom. The van der Waals surface area contributed by atoms with E-state index in [0.29, 0.717) is 41.1 Å². The van der Waals surface area contributed by atoms with Crippen molar-refractivity contribution in [2.75, 3.05) is 17.7 Å². The minimum absolute atomic E-state index is 0.124. The molecule has 9 heteroatoms. The molecule has 172 valence electrons. The lowest BCUT2D eigenvalue weighted by molar-refractivity contribution is 0.276. The Kier molecular flexibility index (Phi) is 6.67. The number of halogens is 1. The van der Waals surface area contributed by atoms with Gasteiger partial charge in [-0.15, -0.1) is 5.10 Å². The number of aromatic nitrogens is 5. The lowest BCUT2D eigenvalue weighted by atomic mass is 10.1. The van der Waals surface area contributed by atoms with Crippen molar-refractivity contribution in [3.05, 3.63) is 60.2 Å². The minimum atomic E-state index is -0.275. The fraction of sp³-hybridized carbons (Fsp3) is 0.333. The van der Waals surface area contributed by atoms with Gasteiger partial charge in [-0.05, 0) is 49.4 Å². The minimum Gasteiger partial charge on any atom is -0.463 e. The first-order chi connectivity index (χ1) is 15.9. The molecule has 3 N–H and O–H groups in total.